The molecule has 2 aromatic heterocycles. The molecule has 4 rings (SSSR count). The third kappa shape index (κ3) is 5.57. The Morgan fingerprint density at radius 3 is 2.68 bits per heavy atom. The number of rotatable bonds is 5. The fraction of sp³-hybridized carbons (Fsp3) is 0.500. The zero-order valence-corrected chi connectivity index (χ0v) is 19.0. The van der Waals surface area contributed by atoms with Gasteiger partial charge in [0.05, 0.1) is 5.02 Å². The summed E-state index contributed by atoms with van der Waals surface area (Å²) in [5, 5.41) is 7.61. The smallest absolute Gasteiger partial charge is 0.191 e. The Kier molecular flexibility index (Phi) is 7.09. The minimum Gasteiger partial charge on any atom is -0.354 e. The average molecular weight is 443 g/mol. The van der Waals surface area contributed by atoms with Crippen LogP contribution in [0.2, 0.25) is 5.02 Å². The zero-order valence-electron chi connectivity index (χ0n) is 18.3. The molecule has 8 nitrogen and oxygen atoms in total. The Bertz CT molecular complexity index is 879. The molecule has 1 unspecified atom stereocenters. The Hall–Kier alpha value is -2.58. The number of anilines is 2. The molecule has 0 saturated carbocycles. The first kappa shape index (κ1) is 21.6. The Morgan fingerprint density at radius 2 is 1.97 bits per heavy atom. The number of halogens is 1. The molecule has 2 aliphatic heterocycles. The minimum absolute atomic E-state index is 0.294. The molecule has 0 aliphatic carbocycles. The van der Waals surface area contributed by atoms with Crippen LogP contribution in [0.3, 0.4) is 0 Å². The molecule has 166 valence electrons. The van der Waals surface area contributed by atoms with Crippen molar-refractivity contribution < 1.29 is 0 Å². The minimum atomic E-state index is 0.294. The van der Waals surface area contributed by atoms with E-state index >= 15 is 0 Å². The monoisotopic (exact) mass is 442 g/mol. The van der Waals surface area contributed by atoms with Gasteiger partial charge in [-0.1, -0.05) is 17.7 Å². The predicted octanol–water partition coefficient (Wildman–Crippen LogP) is 1.83. The summed E-state index contributed by atoms with van der Waals surface area (Å²) >= 11 is 6.30. The Morgan fingerprint density at radius 1 is 1.13 bits per heavy atom. The molecule has 4 heterocycles. The number of aromatic nitrogens is 2. The average Bonchev–Trinajstić information content (AvgIpc) is 3.26. The van der Waals surface area contributed by atoms with Crippen LogP contribution < -0.4 is 20.4 Å². The quantitative estimate of drug-likeness (QED) is 0.540. The summed E-state index contributed by atoms with van der Waals surface area (Å²) in [4.78, 5) is 20.4. The van der Waals surface area contributed by atoms with E-state index in [1.165, 1.54) is 0 Å². The standard InChI is InChI=1S/C22H31ClN8/c1-24-22(28-18-7-9-31(16-18)21-19(23)4-3-8-25-21)27-15-17-5-6-20(26-14-17)30-12-10-29(2)11-13-30/h3-6,8,14,18H,7,9-13,15-16H2,1-2H3,(H2,24,27,28). The van der Waals surface area contributed by atoms with Crippen molar-refractivity contribution in [2.75, 3.05) is 63.2 Å². The number of nitrogens with zero attached hydrogens (tertiary/aromatic N) is 6. The SMILES string of the molecule is CN=C(NCc1ccc(N2CCN(C)CC2)nc1)NC1CCN(c2ncccc2Cl)C1. The molecule has 2 aliphatic rings. The van der Waals surface area contributed by atoms with Gasteiger partial charge in [0.25, 0.3) is 0 Å². The first-order valence-electron chi connectivity index (χ1n) is 10.8. The first-order chi connectivity index (χ1) is 15.1. The summed E-state index contributed by atoms with van der Waals surface area (Å²) in [7, 11) is 3.96. The van der Waals surface area contributed by atoms with Crippen LogP contribution in [0.5, 0.6) is 0 Å². The van der Waals surface area contributed by atoms with Gasteiger partial charge in [-0.15, -0.1) is 0 Å². The van der Waals surface area contributed by atoms with Gasteiger partial charge >= 0.3 is 0 Å². The highest BCUT2D eigenvalue weighted by atomic mass is 35.5. The van der Waals surface area contributed by atoms with Crippen molar-refractivity contribution in [3.8, 4) is 0 Å². The van der Waals surface area contributed by atoms with Gasteiger partial charge in [-0.3, -0.25) is 4.99 Å². The molecule has 0 amide bonds. The summed E-state index contributed by atoms with van der Waals surface area (Å²) in [6, 6.07) is 8.29. The van der Waals surface area contributed by atoms with E-state index in [1.54, 1.807) is 13.2 Å². The van der Waals surface area contributed by atoms with Crippen LogP contribution in [0.25, 0.3) is 0 Å². The molecule has 0 bridgehead atoms. The van der Waals surface area contributed by atoms with Crippen molar-refractivity contribution in [1.29, 1.82) is 0 Å². The lowest BCUT2D eigenvalue weighted by Crippen LogP contribution is -2.45. The number of hydrogen-bond donors (Lipinski definition) is 2. The van der Waals surface area contributed by atoms with E-state index in [4.69, 9.17) is 11.6 Å². The molecule has 1 atom stereocenters. The number of nitrogens with one attached hydrogen (secondary N) is 2. The van der Waals surface area contributed by atoms with Crippen LogP contribution in [0.15, 0.2) is 41.7 Å². The maximum absolute atomic E-state index is 6.30. The molecule has 31 heavy (non-hydrogen) atoms. The summed E-state index contributed by atoms with van der Waals surface area (Å²) in [5.74, 6) is 2.70. The van der Waals surface area contributed by atoms with Gasteiger partial charge in [0.15, 0.2) is 5.96 Å². The van der Waals surface area contributed by atoms with E-state index in [0.29, 0.717) is 17.6 Å². The van der Waals surface area contributed by atoms with E-state index in [-0.39, 0.29) is 0 Å². The van der Waals surface area contributed by atoms with Crippen LogP contribution in [-0.2, 0) is 6.54 Å². The van der Waals surface area contributed by atoms with E-state index in [9.17, 15) is 0 Å². The third-order valence-electron chi connectivity index (χ3n) is 5.89. The third-order valence-corrected chi connectivity index (χ3v) is 6.18. The molecule has 0 spiro atoms. The number of guanidine groups is 1. The van der Waals surface area contributed by atoms with Crippen molar-refractivity contribution in [3.05, 3.63) is 47.2 Å². The molecular weight excluding hydrogens is 412 g/mol. The predicted molar refractivity (Wildman–Crippen MR) is 127 cm³/mol. The molecule has 2 saturated heterocycles. The van der Waals surface area contributed by atoms with Crippen molar-refractivity contribution in [1.82, 2.24) is 25.5 Å². The van der Waals surface area contributed by atoms with Gasteiger partial charge in [0, 0.05) is 71.3 Å². The topological polar surface area (TPSA) is 71.9 Å². The molecule has 0 radical (unpaired) electrons. The summed E-state index contributed by atoms with van der Waals surface area (Å²) in [6.45, 7) is 6.66. The lowest BCUT2D eigenvalue weighted by atomic mass is 10.2. The molecular formula is C22H31ClN8. The normalized spacial score (nSPS) is 20.2. The van der Waals surface area contributed by atoms with Crippen LogP contribution >= 0.6 is 11.6 Å². The van der Waals surface area contributed by atoms with Crippen LogP contribution in [0.1, 0.15) is 12.0 Å². The van der Waals surface area contributed by atoms with Gasteiger partial charge in [-0.2, -0.15) is 0 Å². The maximum atomic E-state index is 6.30. The molecule has 2 aromatic rings. The number of pyridine rings is 2. The van der Waals surface area contributed by atoms with Crippen molar-refractivity contribution in [2.24, 2.45) is 4.99 Å². The largest absolute Gasteiger partial charge is 0.354 e. The van der Waals surface area contributed by atoms with Crippen molar-refractivity contribution in [2.45, 2.75) is 19.0 Å². The second-order valence-electron chi connectivity index (χ2n) is 8.13. The highest BCUT2D eigenvalue weighted by Crippen LogP contribution is 2.25. The first-order valence-corrected chi connectivity index (χ1v) is 11.2. The lowest BCUT2D eigenvalue weighted by Gasteiger charge is -2.33. The fourth-order valence-electron chi connectivity index (χ4n) is 4.00. The van der Waals surface area contributed by atoms with Crippen molar-refractivity contribution in [3.63, 3.8) is 0 Å². The van der Waals surface area contributed by atoms with E-state index in [0.717, 1.165) is 68.8 Å². The van der Waals surface area contributed by atoms with Gasteiger partial charge in [-0.25, -0.2) is 9.97 Å². The van der Waals surface area contributed by atoms with Gasteiger partial charge < -0.3 is 25.3 Å². The second-order valence-corrected chi connectivity index (χ2v) is 8.53. The second kappa shape index (κ2) is 10.2. The van der Waals surface area contributed by atoms with E-state index < -0.39 is 0 Å². The summed E-state index contributed by atoms with van der Waals surface area (Å²) < 4.78 is 0. The molecule has 2 fully saturated rings. The molecule has 0 aromatic carbocycles. The highest BCUT2D eigenvalue weighted by Gasteiger charge is 2.25. The number of piperazine rings is 1. The van der Waals surface area contributed by atoms with Gasteiger partial charge in [0.2, 0.25) is 0 Å². The van der Waals surface area contributed by atoms with Gasteiger partial charge in [-0.05, 0) is 37.2 Å². The Balaban J connectivity index is 1.26. The molecule has 9 heteroatoms. The zero-order chi connectivity index (χ0) is 21.6. The number of aliphatic imine (C=N–C) groups is 1. The molecule has 2 N–H and O–H groups in total. The van der Waals surface area contributed by atoms with Gasteiger partial charge in [0.1, 0.15) is 11.6 Å². The number of likely N-dealkylation sites (N-methyl/N-ethyl adjacent to an activating group) is 1. The van der Waals surface area contributed by atoms with E-state index in [1.807, 2.05) is 18.3 Å². The Labute approximate surface area is 189 Å². The summed E-state index contributed by atoms with van der Waals surface area (Å²) in [6.07, 6.45) is 4.74. The lowest BCUT2D eigenvalue weighted by molar-refractivity contribution is 0.312. The van der Waals surface area contributed by atoms with Crippen LogP contribution in [-0.4, -0.2) is 80.2 Å². The maximum Gasteiger partial charge on any atom is 0.191 e. The van der Waals surface area contributed by atoms with Crippen LogP contribution in [0, 0.1) is 0 Å². The van der Waals surface area contributed by atoms with Crippen LogP contribution in [0.4, 0.5) is 11.6 Å². The van der Waals surface area contributed by atoms with E-state index in [2.05, 4.69) is 59.5 Å². The van der Waals surface area contributed by atoms with Crippen molar-refractivity contribution >= 4 is 29.2 Å². The highest BCUT2D eigenvalue weighted by molar-refractivity contribution is 6.32. The number of hydrogen-bond acceptors (Lipinski definition) is 6. The fourth-order valence-corrected chi connectivity index (χ4v) is 4.24. The summed E-state index contributed by atoms with van der Waals surface area (Å²) in [5.41, 5.74) is 1.13.